The molecule has 0 atom stereocenters. The number of oxazole rings is 1. The monoisotopic (exact) mass is 507 g/mol. The molecule has 0 fully saturated rings. The molecule has 0 bridgehead atoms. The Hall–Kier alpha value is -2.62. The van der Waals surface area contributed by atoms with Crippen LogP contribution in [0.3, 0.4) is 0 Å². The van der Waals surface area contributed by atoms with Gasteiger partial charge < -0.3 is 19.8 Å². The zero-order valence-electron chi connectivity index (χ0n) is 16.8. The minimum absolute atomic E-state index is 0. The Morgan fingerprint density at radius 1 is 1.14 bits per heavy atom. The number of nitrogens with zero attached hydrogens (tertiary/aromatic N) is 3. The molecule has 2 aromatic heterocycles. The zero-order valence-corrected chi connectivity index (χ0v) is 19.1. The molecule has 2 N–H and O–H groups in total. The first kappa shape index (κ1) is 22.7. The first-order chi connectivity index (χ1) is 13.7. The minimum Gasteiger partial charge on any atom is -0.478 e. The van der Waals surface area contributed by atoms with E-state index in [1.807, 2.05) is 43.3 Å². The number of hydrogen-bond donors (Lipinski definition) is 2. The molecule has 7 nitrogen and oxygen atoms in total. The van der Waals surface area contributed by atoms with E-state index >= 15 is 0 Å². The summed E-state index contributed by atoms with van der Waals surface area (Å²) in [6, 6.07) is 11.9. The molecule has 1 aromatic carbocycles. The molecule has 29 heavy (non-hydrogen) atoms. The van der Waals surface area contributed by atoms with Crippen LogP contribution in [0.4, 0.5) is 0 Å². The molecular formula is C21H26IN5O2. The van der Waals surface area contributed by atoms with E-state index < -0.39 is 0 Å². The van der Waals surface area contributed by atoms with Gasteiger partial charge in [-0.2, -0.15) is 0 Å². The van der Waals surface area contributed by atoms with Crippen molar-refractivity contribution >= 4 is 29.9 Å². The van der Waals surface area contributed by atoms with E-state index in [1.165, 1.54) is 5.56 Å². The van der Waals surface area contributed by atoms with Gasteiger partial charge in [0.25, 0.3) is 0 Å². The second-order valence-corrected chi connectivity index (χ2v) is 6.19. The maximum absolute atomic E-state index is 5.59. The summed E-state index contributed by atoms with van der Waals surface area (Å²) in [6.07, 6.45) is 3.38. The van der Waals surface area contributed by atoms with Gasteiger partial charge in [-0.15, -0.1) is 24.0 Å². The highest BCUT2D eigenvalue weighted by Gasteiger charge is 2.08. The van der Waals surface area contributed by atoms with Crippen molar-refractivity contribution in [3.63, 3.8) is 0 Å². The van der Waals surface area contributed by atoms with Crippen molar-refractivity contribution < 1.29 is 9.15 Å². The first-order valence-electron chi connectivity index (χ1n) is 9.22. The number of rotatable bonds is 7. The number of aryl methyl sites for hydroxylation is 1. The van der Waals surface area contributed by atoms with Gasteiger partial charge in [-0.3, -0.25) is 4.99 Å². The molecule has 2 heterocycles. The predicted octanol–water partition coefficient (Wildman–Crippen LogP) is 3.93. The molecule has 0 saturated heterocycles. The summed E-state index contributed by atoms with van der Waals surface area (Å²) in [6.45, 7) is 5.62. The number of aromatic nitrogens is 2. The van der Waals surface area contributed by atoms with Gasteiger partial charge in [0.15, 0.2) is 5.96 Å². The van der Waals surface area contributed by atoms with Crippen LogP contribution in [0.1, 0.15) is 23.7 Å². The van der Waals surface area contributed by atoms with E-state index in [9.17, 15) is 0 Å². The summed E-state index contributed by atoms with van der Waals surface area (Å²) in [5, 5.41) is 6.50. The van der Waals surface area contributed by atoms with Gasteiger partial charge in [-0.05, 0) is 32.0 Å². The van der Waals surface area contributed by atoms with Crippen LogP contribution in [-0.4, -0.2) is 29.6 Å². The smallest absolute Gasteiger partial charge is 0.226 e. The highest BCUT2D eigenvalue weighted by molar-refractivity contribution is 14.0. The Kier molecular flexibility index (Phi) is 8.91. The van der Waals surface area contributed by atoms with E-state index in [4.69, 9.17) is 9.15 Å². The summed E-state index contributed by atoms with van der Waals surface area (Å²) in [5.74, 6) is 1.90. The summed E-state index contributed by atoms with van der Waals surface area (Å²) >= 11 is 0. The van der Waals surface area contributed by atoms with Gasteiger partial charge in [-0.25, -0.2) is 9.97 Å². The van der Waals surface area contributed by atoms with Crippen molar-refractivity contribution in [2.24, 2.45) is 4.99 Å². The Labute approximate surface area is 188 Å². The van der Waals surface area contributed by atoms with Crippen LogP contribution in [0.15, 0.2) is 58.3 Å². The average Bonchev–Trinajstić information content (AvgIpc) is 3.19. The number of pyridine rings is 1. The third-order valence-corrected chi connectivity index (χ3v) is 4.09. The van der Waals surface area contributed by atoms with E-state index in [0.29, 0.717) is 37.4 Å². The van der Waals surface area contributed by atoms with Gasteiger partial charge in [-0.1, -0.05) is 23.8 Å². The fraction of sp³-hybridized carbons (Fsp3) is 0.286. The summed E-state index contributed by atoms with van der Waals surface area (Å²) in [5.41, 5.74) is 3.93. The largest absolute Gasteiger partial charge is 0.478 e. The number of nitrogens with one attached hydrogen (secondary N) is 2. The molecular weight excluding hydrogens is 481 g/mol. The standard InChI is InChI=1S/C21H25N5O2.HI/c1-4-27-19-17(6-5-11-23-19)12-24-21(22-3)25-13-18-14-28-20(26-18)16-9-7-15(2)8-10-16;/h5-11,14H,4,12-13H2,1-3H3,(H2,22,24,25);1H. The molecule has 154 valence electrons. The molecule has 3 aromatic rings. The molecule has 0 aliphatic heterocycles. The Bertz CT molecular complexity index is 925. The van der Waals surface area contributed by atoms with Crippen LogP contribution in [-0.2, 0) is 13.1 Å². The summed E-state index contributed by atoms with van der Waals surface area (Å²) in [7, 11) is 1.72. The fourth-order valence-electron chi connectivity index (χ4n) is 2.62. The molecule has 0 saturated carbocycles. The summed E-state index contributed by atoms with van der Waals surface area (Å²) in [4.78, 5) is 13.0. The van der Waals surface area contributed by atoms with Gasteiger partial charge >= 0.3 is 0 Å². The maximum Gasteiger partial charge on any atom is 0.226 e. The molecule has 3 rings (SSSR count). The lowest BCUT2D eigenvalue weighted by Gasteiger charge is -2.13. The van der Waals surface area contributed by atoms with Crippen molar-refractivity contribution in [1.29, 1.82) is 0 Å². The number of guanidine groups is 1. The zero-order chi connectivity index (χ0) is 19.8. The van der Waals surface area contributed by atoms with E-state index in [1.54, 1.807) is 19.5 Å². The lowest BCUT2D eigenvalue weighted by Crippen LogP contribution is -2.36. The van der Waals surface area contributed by atoms with Crippen molar-refractivity contribution in [3.8, 4) is 17.3 Å². The Balaban J connectivity index is 0.00000300. The number of aliphatic imine (C=N–C) groups is 1. The van der Waals surface area contributed by atoms with Crippen molar-refractivity contribution in [1.82, 2.24) is 20.6 Å². The second kappa shape index (κ2) is 11.4. The number of benzene rings is 1. The number of halogens is 1. The number of ether oxygens (including phenoxy) is 1. The molecule has 0 amide bonds. The Morgan fingerprint density at radius 3 is 2.62 bits per heavy atom. The first-order valence-corrected chi connectivity index (χ1v) is 9.22. The van der Waals surface area contributed by atoms with Crippen LogP contribution in [0, 0.1) is 6.92 Å². The van der Waals surface area contributed by atoms with Crippen LogP contribution in [0.2, 0.25) is 0 Å². The number of hydrogen-bond acceptors (Lipinski definition) is 5. The van der Waals surface area contributed by atoms with Crippen LogP contribution in [0.5, 0.6) is 5.88 Å². The molecule has 0 aliphatic carbocycles. The van der Waals surface area contributed by atoms with Gasteiger partial charge in [0.2, 0.25) is 11.8 Å². The summed E-state index contributed by atoms with van der Waals surface area (Å²) < 4.78 is 11.1. The van der Waals surface area contributed by atoms with Gasteiger partial charge in [0.1, 0.15) is 6.26 Å². The van der Waals surface area contributed by atoms with Crippen molar-refractivity contribution in [2.45, 2.75) is 26.9 Å². The lowest BCUT2D eigenvalue weighted by molar-refractivity contribution is 0.322. The maximum atomic E-state index is 5.59. The SMILES string of the molecule is CCOc1ncccc1CNC(=NC)NCc1coc(-c2ccc(C)cc2)n1.I. The molecule has 0 aliphatic rings. The van der Waals surface area contributed by atoms with E-state index in [0.717, 1.165) is 16.8 Å². The highest BCUT2D eigenvalue weighted by atomic mass is 127. The van der Waals surface area contributed by atoms with Crippen molar-refractivity contribution in [3.05, 3.63) is 65.7 Å². The van der Waals surface area contributed by atoms with E-state index in [2.05, 4.69) is 32.5 Å². The third kappa shape index (κ3) is 6.45. The third-order valence-electron chi connectivity index (χ3n) is 4.09. The lowest BCUT2D eigenvalue weighted by atomic mass is 10.1. The van der Waals surface area contributed by atoms with E-state index in [-0.39, 0.29) is 24.0 Å². The quantitative estimate of drug-likeness (QED) is 0.287. The molecule has 0 spiro atoms. The normalized spacial score (nSPS) is 10.9. The van der Waals surface area contributed by atoms with Crippen LogP contribution < -0.4 is 15.4 Å². The topological polar surface area (TPSA) is 84.6 Å². The van der Waals surface area contributed by atoms with Crippen molar-refractivity contribution in [2.75, 3.05) is 13.7 Å². The van der Waals surface area contributed by atoms with Gasteiger partial charge in [0.05, 0.1) is 18.8 Å². The molecule has 0 radical (unpaired) electrons. The van der Waals surface area contributed by atoms with Crippen LogP contribution >= 0.6 is 24.0 Å². The molecule has 0 unspecified atom stereocenters. The van der Waals surface area contributed by atoms with Gasteiger partial charge in [0, 0.05) is 30.9 Å². The average molecular weight is 507 g/mol. The van der Waals surface area contributed by atoms with Crippen LogP contribution in [0.25, 0.3) is 11.5 Å². The predicted molar refractivity (Wildman–Crippen MR) is 125 cm³/mol. The highest BCUT2D eigenvalue weighted by Crippen LogP contribution is 2.19. The Morgan fingerprint density at radius 2 is 1.90 bits per heavy atom. The second-order valence-electron chi connectivity index (χ2n) is 6.19. The molecule has 8 heteroatoms. The fourth-order valence-corrected chi connectivity index (χ4v) is 2.62. The minimum atomic E-state index is 0.